The molecule has 1 aliphatic heterocycles. The molecule has 0 radical (unpaired) electrons. The molecule has 0 unspecified atom stereocenters. The minimum atomic E-state index is -3.45. The Bertz CT molecular complexity index is 969. The van der Waals surface area contributed by atoms with E-state index in [9.17, 15) is 8.42 Å². The van der Waals surface area contributed by atoms with Crippen LogP contribution in [0.2, 0.25) is 5.02 Å². The number of nitrogens with one attached hydrogen (secondary N) is 1. The number of nitrogens with zero attached hydrogens (tertiary/aromatic N) is 2. The minimum absolute atomic E-state index is 0. The van der Waals surface area contributed by atoms with Crippen molar-refractivity contribution in [1.82, 2.24) is 0 Å². The van der Waals surface area contributed by atoms with Gasteiger partial charge in [0.05, 0.1) is 30.1 Å². The second-order valence-electron chi connectivity index (χ2n) is 6.01. The van der Waals surface area contributed by atoms with E-state index in [1.54, 1.807) is 18.2 Å². The largest absolute Gasteiger partial charge is 0.495 e. The Morgan fingerprint density at radius 2 is 2.07 bits per heavy atom. The Hall–Kier alpha value is -1.72. The number of halogens is 2. The average molecular weight is 537 g/mol. The van der Waals surface area contributed by atoms with E-state index in [-0.39, 0.29) is 42.2 Å². The molecule has 1 heterocycles. The summed E-state index contributed by atoms with van der Waals surface area (Å²) in [4.78, 5) is 4.11. The van der Waals surface area contributed by atoms with Crippen LogP contribution in [-0.2, 0) is 16.4 Å². The topological polar surface area (TPSA) is 97.0 Å². The summed E-state index contributed by atoms with van der Waals surface area (Å²) in [7, 11) is -1.92. The van der Waals surface area contributed by atoms with Crippen LogP contribution in [-0.4, -0.2) is 40.3 Å². The first-order valence-corrected chi connectivity index (χ1v) is 10.4. The first-order chi connectivity index (χ1) is 12.9. The van der Waals surface area contributed by atoms with Gasteiger partial charge in [-0.15, -0.1) is 24.0 Å². The molecule has 0 saturated heterocycles. The van der Waals surface area contributed by atoms with Crippen LogP contribution in [0.4, 0.5) is 11.4 Å². The number of anilines is 2. The Balaban J connectivity index is 0.00000280. The molecule has 3 rings (SSSR count). The summed E-state index contributed by atoms with van der Waals surface area (Å²) in [5, 5.41) is 3.32. The van der Waals surface area contributed by atoms with Crippen LogP contribution in [0.15, 0.2) is 47.5 Å². The Kier molecular flexibility index (Phi) is 7.79. The van der Waals surface area contributed by atoms with Gasteiger partial charge in [0.2, 0.25) is 10.0 Å². The number of rotatable bonds is 6. The van der Waals surface area contributed by atoms with Gasteiger partial charge in [-0.3, -0.25) is 9.30 Å². The van der Waals surface area contributed by atoms with E-state index in [1.807, 2.05) is 24.3 Å². The number of guanidine groups is 1. The van der Waals surface area contributed by atoms with Gasteiger partial charge in [0.15, 0.2) is 5.96 Å². The van der Waals surface area contributed by atoms with E-state index in [1.165, 1.54) is 11.4 Å². The van der Waals surface area contributed by atoms with Crippen molar-refractivity contribution in [3.05, 3.63) is 53.1 Å². The van der Waals surface area contributed by atoms with E-state index < -0.39 is 10.0 Å². The third kappa shape index (κ3) is 5.21. The maximum absolute atomic E-state index is 12.6. The normalized spacial score (nSPS) is 13.6. The summed E-state index contributed by atoms with van der Waals surface area (Å²) in [5.41, 5.74) is 8.27. The fourth-order valence-corrected chi connectivity index (χ4v) is 4.57. The molecule has 0 aromatic heterocycles. The summed E-state index contributed by atoms with van der Waals surface area (Å²) < 4.78 is 31.8. The van der Waals surface area contributed by atoms with Gasteiger partial charge in [-0.1, -0.05) is 29.8 Å². The smallest absolute Gasteiger partial charge is 0.237 e. The van der Waals surface area contributed by atoms with Crippen molar-refractivity contribution in [2.24, 2.45) is 10.7 Å². The van der Waals surface area contributed by atoms with Gasteiger partial charge in [0.1, 0.15) is 5.75 Å². The number of hydrogen-bond donors (Lipinski definition) is 2. The van der Waals surface area contributed by atoms with E-state index in [0.717, 1.165) is 17.7 Å². The molecule has 3 N–H and O–H groups in total. The number of para-hydroxylation sites is 1. The van der Waals surface area contributed by atoms with E-state index >= 15 is 0 Å². The third-order valence-electron chi connectivity index (χ3n) is 4.24. The van der Waals surface area contributed by atoms with Crippen LogP contribution in [0.1, 0.15) is 5.56 Å². The van der Waals surface area contributed by atoms with E-state index in [0.29, 0.717) is 23.0 Å². The molecule has 1 aliphatic rings. The van der Waals surface area contributed by atoms with Crippen LogP contribution < -0.4 is 20.1 Å². The zero-order valence-electron chi connectivity index (χ0n) is 15.3. The van der Waals surface area contributed by atoms with E-state index in [4.69, 9.17) is 22.1 Å². The maximum atomic E-state index is 12.6. The molecule has 2 aromatic carbocycles. The van der Waals surface area contributed by atoms with Crippen molar-refractivity contribution in [2.75, 3.05) is 35.6 Å². The van der Waals surface area contributed by atoms with Crippen LogP contribution >= 0.6 is 35.6 Å². The lowest BCUT2D eigenvalue weighted by atomic mass is 10.2. The lowest BCUT2D eigenvalue weighted by Crippen LogP contribution is -2.33. The summed E-state index contributed by atoms with van der Waals surface area (Å²) in [6.07, 6.45) is 0.723. The average Bonchev–Trinajstić information content (AvgIpc) is 3.07. The molecule has 0 amide bonds. The van der Waals surface area contributed by atoms with Gasteiger partial charge in [-0.25, -0.2) is 8.42 Å². The number of methoxy groups -OCH3 is 1. The third-order valence-corrected chi connectivity index (χ3v) is 6.28. The second-order valence-corrected chi connectivity index (χ2v) is 8.43. The maximum Gasteiger partial charge on any atom is 0.237 e. The monoisotopic (exact) mass is 536 g/mol. The van der Waals surface area contributed by atoms with Crippen LogP contribution in [0.3, 0.4) is 0 Å². The van der Waals surface area contributed by atoms with Crippen molar-refractivity contribution in [3.63, 3.8) is 0 Å². The number of fused-ring (bicyclic) bond motifs is 1. The highest BCUT2D eigenvalue weighted by Crippen LogP contribution is 2.30. The van der Waals surface area contributed by atoms with Gasteiger partial charge in [0, 0.05) is 12.2 Å². The number of sulfonamides is 1. The van der Waals surface area contributed by atoms with Gasteiger partial charge in [0.25, 0.3) is 0 Å². The Labute approximate surface area is 187 Å². The molecule has 0 bridgehead atoms. The molecule has 28 heavy (non-hydrogen) atoms. The molecule has 0 atom stereocenters. The molecule has 0 saturated carbocycles. The predicted octanol–water partition coefficient (Wildman–Crippen LogP) is 3.09. The molecule has 0 spiro atoms. The standard InChI is InChI=1S/C18H21ClN4O3S.HI/c1-26-17-7-6-14(12-15(17)19)22-18(20)21-9-11-27(24,25)23-10-8-13-4-2-3-5-16(13)23;/h2-7,12H,8-11H2,1H3,(H3,20,21,22);1H. The van der Waals surface area contributed by atoms with Crippen LogP contribution in [0.5, 0.6) is 5.75 Å². The number of aliphatic imine (C=N–C) groups is 1. The molecule has 0 fully saturated rings. The number of nitrogens with two attached hydrogens (primary N) is 1. The Morgan fingerprint density at radius 3 is 2.79 bits per heavy atom. The molecular weight excluding hydrogens is 515 g/mol. The van der Waals surface area contributed by atoms with Crippen molar-refractivity contribution in [2.45, 2.75) is 6.42 Å². The van der Waals surface area contributed by atoms with Crippen LogP contribution in [0.25, 0.3) is 0 Å². The molecule has 7 nitrogen and oxygen atoms in total. The zero-order chi connectivity index (χ0) is 19.4. The Morgan fingerprint density at radius 1 is 1.32 bits per heavy atom. The quantitative estimate of drug-likeness (QED) is 0.336. The number of benzene rings is 2. The first-order valence-electron chi connectivity index (χ1n) is 8.39. The fraction of sp³-hybridized carbons (Fsp3) is 0.278. The summed E-state index contributed by atoms with van der Waals surface area (Å²) in [6, 6.07) is 12.6. The van der Waals surface area contributed by atoms with E-state index in [2.05, 4.69) is 10.3 Å². The zero-order valence-corrected chi connectivity index (χ0v) is 19.2. The second kappa shape index (κ2) is 9.66. The molecule has 152 valence electrons. The molecule has 0 aliphatic carbocycles. The summed E-state index contributed by atoms with van der Waals surface area (Å²) >= 11 is 6.06. The highest BCUT2D eigenvalue weighted by atomic mass is 127. The highest BCUT2D eigenvalue weighted by Gasteiger charge is 2.28. The van der Waals surface area contributed by atoms with Crippen molar-refractivity contribution in [3.8, 4) is 5.75 Å². The number of hydrogen-bond acceptors (Lipinski definition) is 4. The number of ether oxygens (including phenoxy) is 1. The van der Waals surface area contributed by atoms with Gasteiger partial charge < -0.3 is 15.8 Å². The van der Waals surface area contributed by atoms with Crippen molar-refractivity contribution >= 4 is 62.9 Å². The molecular formula is C18H22ClIN4O3S. The van der Waals surface area contributed by atoms with Crippen molar-refractivity contribution in [1.29, 1.82) is 0 Å². The van der Waals surface area contributed by atoms with Crippen LogP contribution in [0, 0.1) is 0 Å². The minimum Gasteiger partial charge on any atom is -0.495 e. The fourth-order valence-electron chi connectivity index (χ4n) is 2.92. The summed E-state index contributed by atoms with van der Waals surface area (Å²) in [6.45, 7) is 0.521. The van der Waals surface area contributed by atoms with Gasteiger partial charge >= 0.3 is 0 Å². The first kappa shape index (κ1) is 22.6. The van der Waals surface area contributed by atoms with Gasteiger partial charge in [-0.05, 0) is 36.2 Å². The SMILES string of the molecule is COc1ccc(NC(N)=NCCS(=O)(=O)N2CCc3ccccc32)cc1Cl.I. The predicted molar refractivity (Wildman–Crippen MR) is 125 cm³/mol. The highest BCUT2D eigenvalue weighted by molar-refractivity contribution is 14.0. The van der Waals surface area contributed by atoms with Gasteiger partial charge in [-0.2, -0.15) is 0 Å². The molecule has 10 heteroatoms. The lowest BCUT2D eigenvalue weighted by Gasteiger charge is -2.19. The lowest BCUT2D eigenvalue weighted by molar-refractivity contribution is 0.415. The van der Waals surface area contributed by atoms with Crippen molar-refractivity contribution < 1.29 is 13.2 Å². The molecule has 2 aromatic rings. The summed E-state index contributed by atoms with van der Waals surface area (Å²) in [5.74, 6) is 0.551.